The van der Waals surface area contributed by atoms with E-state index in [1.165, 1.54) is 11.1 Å². The molecule has 1 amide bonds. The first-order valence-corrected chi connectivity index (χ1v) is 9.40. The topological polar surface area (TPSA) is 41.5 Å². The standard InChI is InChI=1S/C25H22N2O/c1-17-11-12-19(13-18(17)2)14-25(28)27-26-16-24-22-9-5-3-7-20(22)15-21-8-4-6-10-23(21)24/h3-13,15-16H,14H2,1-2H3,(H,27,28)/b26-16-. The Bertz CT molecular complexity index is 1150. The number of amides is 1. The molecule has 0 atom stereocenters. The fraction of sp³-hybridized carbons (Fsp3) is 0.120. The van der Waals surface area contributed by atoms with E-state index >= 15 is 0 Å². The number of aryl methyl sites for hydroxylation is 2. The van der Waals surface area contributed by atoms with Crippen LogP contribution in [0.2, 0.25) is 0 Å². The van der Waals surface area contributed by atoms with E-state index in [4.69, 9.17) is 0 Å². The van der Waals surface area contributed by atoms with Crippen LogP contribution in [0.5, 0.6) is 0 Å². The SMILES string of the molecule is Cc1ccc(CC(=O)N/N=C\c2c3ccccc3cc3ccccc23)cc1C. The smallest absolute Gasteiger partial charge is 0.244 e. The van der Waals surface area contributed by atoms with Crippen molar-refractivity contribution in [3.05, 3.63) is 95.1 Å². The van der Waals surface area contributed by atoms with E-state index in [1.54, 1.807) is 6.21 Å². The molecule has 0 aliphatic carbocycles. The highest BCUT2D eigenvalue weighted by atomic mass is 16.2. The quantitative estimate of drug-likeness (QED) is 0.297. The van der Waals surface area contributed by atoms with Gasteiger partial charge < -0.3 is 0 Å². The zero-order valence-corrected chi connectivity index (χ0v) is 16.1. The monoisotopic (exact) mass is 366 g/mol. The molecule has 4 aromatic rings. The van der Waals surface area contributed by atoms with Gasteiger partial charge in [-0.2, -0.15) is 5.10 Å². The highest BCUT2D eigenvalue weighted by Crippen LogP contribution is 2.27. The van der Waals surface area contributed by atoms with Crippen LogP contribution in [-0.2, 0) is 11.2 Å². The number of hydrogen-bond acceptors (Lipinski definition) is 2. The van der Waals surface area contributed by atoms with Crippen LogP contribution in [0, 0.1) is 13.8 Å². The first kappa shape index (κ1) is 17.9. The summed E-state index contributed by atoms with van der Waals surface area (Å²) in [6.45, 7) is 4.12. The van der Waals surface area contributed by atoms with Gasteiger partial charge in [0.15, 0.2) is 0 Å². The summed E-state index contributed by atoms with van der Waals surface area (Å²) >= 11 is 0. The summed E-state index contributed by atoms with van der Waals surface area (Å²) < 4.78 is 0. The molecule has 0 aliphatic rings. The van der Waals surface area contributed by atoms with Crippen molar-refractivity contribution in [1.82, 2.24) is 5.43 Å². The lowest BCUT2D eigenvalue weighted by Gasteiger charge is -2.08. The Labute approximate surface area is 164 Å². The third-order valence-corrected chi connectivity index (χ3v) is 5.13. The lowest BCUT2D eigenvalue weighted by Crippen LogP contribution is -2.19. The van der Waals surface area contributed by atoms with Crippen molar-refractivity contribution in [3.8, 4) is 0 Å². The lowest BCUT2D eigenvalue weighted by molar-refractivity contribution is -0.120. The van der Waals surface area contributed by atoms with Crippen molar-refractivity contribution in [1.29, 1.82) is 0 Å². The maximum Gasteiger partial charge on any atom is 0.244 e. The number of fused-ring (bicyclic) bond motifs is 2. The number of carbonyl (C=O) groups excluding carboxylic acids is 1. The zero-order chi connectivity index (χ0) is 19.5. The Morgan fingerprint density at radius 2 is 1.50 bits per heavy atom. The number of nitrogens with one attached hydrogen (secondary N) is 1. The molecule has 0 radical (unpaired) electrons. The minimum atomic E-state index is -0.121. The molecule has 4 rings (SSSR count). The van der Waals surface area contributed by atoms with Gasteiger partial charge >= 0.3 is 0 Å². The van der Waals surface area contributed by atoms with Crippen LogP contribution in [0.15, 0.2) is 77.9 Å². The van der Waals surface area contributed by atoms with Crippen molar-refractivity contribution in [2.24, 2.45) is 5.10 Å². The molecule has 138 valence electrons. The van der Waals surface area contributed by atoms with Crippen LogP contribution in [0.25, 0.3) is 21.5 Å². The maximum absolute atomic E-state index is 12.3. The van der Waals surface area contributed by atoms with Gasteiger partial charge in [0.25, 0.3) is 0 Å². The third kappa shape index (κ3) is 3.65. The predicted octanol–water partition coefficient (Wildman–Crippen LogP) is 5.30. The van der Waals surface area contributed by atoms with Gasteiger partial charge in [0, 0.05) is 5.56 Å². The van der Waals surface area contributed by atoms with Gasteiger partial charge in [-0.3, -0.25) is 4.79 Å². The van der Waals surface area contributed by atoms with E-state index < -0.39 is 0 Å². The summed E-state index contributed by atoms with van der Waals surface area (Å²) in [5, 5.41) is 8.80. The van der Waals surface area contributed by atoms with Gasteiger partial charge in [0.2, 0.25) is 5.91 Å². The van der Waals surface area contributed by atoms with E-state index in [9.17, 15) is 4.79 Å². The minimum Gasteiger partial charge on any atom is -0.273 e. The van der Waals surface area contributed by atoms with E-state index in [1.807, 2.05) is 36.4 Å². The summed E-state index contributed by atoms with van der Waals surface area (Å²) in [7, 11) is 0. The first-order chi connectivity index (χ1) is 13.6. The molecule has 1 N–H and O–H groups in total. The van der Waals surface area contributed by atoms with Gasteiger partial charge in [-0.1, -0.05) is 66.7 Å². The summed E-state index contributed by atoms with van der Waals surface area (Å²) in [4.78, 5) is 12.3. The van der Waals surface area contributed by atoms with Gasteiger partial charge in [-0.15, -0.1) is 0 Å². The second-order valence-electron chi connectivity index (χ2n) is 7.12. The molecule has 4 aromatic carbocycles. The van der Waals surface area contributed by atoms with Crippen molar-refractivity contribution < 1.29 is 4.79 Å². The molecule has 0 bridgehead atoms. The van der Waals surface area contributed by atoms with Crippen LogP contribution in [0.4, 0.5) is 0 Å². The maximum atomic E-state index is 12.3. The summed E-state index contributed by atoms with van der Waals surface area (Å²) in [6.07, 6.45) is 2.07. The number of hydrogen-bond donors (Lipinski definition) is 1. The predicted molar refractivity (Wildman–Crippen MR) is 117 cm³/mol. The number of benzene rings is 4. The molecular formula is C25H22N2O. The molecule has 0 saturated heterocycles. The van der Waals surface area contributed by atoms with E-state index in [0.717, 1.165) is 32.7 Å². The zero-order valence-electron chi connectivity index (χ0n) is 16.1. The van der Waals surface area contributed by atoms with Gasteiger partial charge in [-0.05, 0) is 58.1 Å². The molecule has 0 heterocycles. The van der Waals surface area contributed by atoms with Crippen LogP contribution >= 0.6 is 0 Å². The van der Waals surface area contributed by atoms with Crippen LogP contribution in [-0.4, -0.2) is 12.1 Å². The number of nitrogens with zero attached hydrogens (tertiary/aromatic N) is 1. The fourth-order valence-electron chi connectivity index (χ4n) is 3.50. The minimum absolute atomic E-state index is 0.121. The Morgan fingerprint density at radius 1 is 0.857 bits per heavy atom. The lowest BCUT2D eigenvalue weighted by atomic mass is 9.97. The molecule has 3 nitrogen and oxygen atoms in total. The molecule has 0 aliphatic heterocycles. The van der Waals surface area contributed by atoms with Gasteiger partial charge in [0.1, 0.15) is 0 Å². The molecule has 3 heteroatoms. The van der Waals surface area contributed by atoms with Crippen LogP contribution in [0.1, 0.15) is 22.3 Å². The number of rotatable bonds is 4. The molecule has 0 fully saturated rings. The summed E-state index contributed by atoms with van der Waals surface area (Å²) in [5.74, 6) is -0.121. The summed E-state index contributed by atoms with van der Waals surface area (Å²) in [5.41, 5.74) is 7.10. The first-order valence-electron chi connectivity index (χ1n) is 9.40. The Balaban J connectivity index is 1.59. The number of hydrazone groups is 1. The van der Waals surface area contributed by atoms with Crippen LogP contribution in [0.3, 0.4) is 0 Å². The second kappa shape index (κ2) is 7.65. The van der Waals surface area contributed by atoms with Crippen molar-refractivity contribution in [3.63, 3.8) is 0 Å². The van der Waals surface area contributed by atoms with Gasteiger partial charge in [0.05, 0.1) is 12.6 Å². The van der Waals surface area contributed by atoms with Crippen LogP contribution < -0.4 is 5.43 Å². The normalized spacial score (nSPS) is 11.4. The van der Waals surface area contributed by atoms with Crippen molar-refractivity contribution in [2.75, 3.05) is 0 Å². The molecule has 0 spiro atoms. The van der Waals surface area contributed by atoms with Crippen molar-refractivity contribution in [2.45, 2.75) is 20.3 Å². The van der Waals surface area contributed by atoms with Crippen molar-refractivity contribution >= 4 is 33.7 Å². The van der Waals surface area contributed by atoms with Gasteiger partial charge in [-0.25, -0.2) is 5.43 Å². The molecular weight excluding hydrogens is 344 g/mol. The molecule has 0 saturated carbocycles. The molecule has 0 unspecified atom stereocenters. The highest BCUT2D eigenvalue weighted by Gasteiger charge is 2.06. The fourth-order valence-corrected chi connectivity index (χ4v) is 3.50. The summed E-state index contributed by atoms with van der Waals surface area (Å²) in [6, 6.07) is 24.7. The Morgan fingerprint density at radius 3 is 2.14 bits per heavy atom. The molecule has 28 heavy (non-hydrogen) atoms. The number of carbonyl (C=O) groups is 1. The largest absolute Gasteiger partial charge is 0.273 e. The van der Waals surface area contributed by atoms with E-state index in [0.29, 0.717) is 6.42 Å². The average molecular weight is 366 g/mol. The second-order valence-corrected chi connectivity index (χ2v) is 7.12. The Kier molecular flexibility index (Phi) is 4.90. The average Bonchev–Trinajstić information content (AvgIpc) is 2.70. The highest BCUT2D eigenvalue weighted by molar-refractivity contribution is 6.13. The van der Waals surface area contributed by atoms with E-state index in [2.05, 4.69) is 60.8 Å². The Hall–Kier alpha value is -3.46. The van der Waals surface area contributed by atoms with E-state index in [-0.39, 0.29) is 5.91 Å². The third-order valence-electron chi connectivity index (χ3n) is 5.13. The molecule has 0 aromatic heterocycles.